The number of amides is 1. The standard InChI is InChI=1S/C24H24ClFN2O4/c1-30-18-6-2-4-16(10-18)11-20-13-27-24(32-20)17-5-3-9-28(14-17)23(29)15-31-19-7-8-22(26)21(25)12-19/h2,4,6-8,10,12-13,17H,3,5,9,11,14-15H2,1H3/t17-/m1/s1. The molecule has 1 amide bonds. The van der Waals surface area contributed by atoms with Gasteiger partial charge in [0.1, 0.15) is 23.1 Å². The van der Waals surface area contributed by atoms with Gasteiger partial charge in [-0.2, -0.15) is 0 Å². The monoisotopic (exact) mass is 458 g/mol. The van der Waals surface area contributed by atoms with E-state index in [1.54, 1.807) is 18.2 Å². The van der Waals surface area contributed by atoms with Crippen molar-refractivity contribution in [2.24, 2.45) is 0 Å². The average molecular weight is 459 g/mol. The molecule has 4 rings (SSSR count). The highest BCUT2D eigenvalue weighted by molar-refractivity contribution is 6.30. The summed E-state index contributed by atoms with van der Waals surface area (Å²) in [7, 11) is 1.64. The Morgan fingerprint density at radius 2 is 2.16 bits per heavy atom. The summed E-state index contributed by atoms with van der Waals surface area (Å²) in [6.45, 7) is 1.03. The summed E-state index contributed by atoms with van der Waals surface area (Å²) in [6.07, 6.45) is 4.12. The van der Waals surface area contributed by atoms with E-state index in [4.69, 9.17) is 25.5 Å². The first-order valence-corrected chi connectivity index (χ1v) is 10.8. The maximum atomic E-state index is 13.3. The Hall–Kier alpha value is -3.06. The van der Waals surface area contributed by atoms with Crippen molar-refractivity contribution in [2.45, 2.75) is 25.2 Å². The second-order valence-corrected chi connectivity index (χ2v) is 8.14. The van der Waals surface area contributed by atoms with Crippen molar-refractivity contribution in [3.8, 4) is 11.5 Å². The number of hydrogen-bond donors (Lipinski definition) is 0. The molecule has 8 heteroatoms. The third-order valence-electron chi connectivity index (χ3n) is 5.46. The van der Waals surface area contributed by atoms with Crippen LogP contribution in [0.25, 0.3) is 0 Å². The lowest BCUT2D eigenvalue weighted by Crippen LogP contribution is -2.41. The van der Waals surface area contributed by atoms with Crippen molar-refractivity contribution in [1.82, 2.24) is 9.88 Å². The molecule has 1 atom stereocenters. The molecule has 0 saturated carbocycles. The largest absolute Gasteiger partial charge is 0.497 e. The lowest BCUT2D eigenvalue weighted by molar-refractivity contribution is -0.134. The Labute approximate surface area is 190 Å². The van der Waals surface area contributed by atoms with Gasteiger partial charge in [0.05, 0.1) is 24.2 Å². The Morgan fingerprint density at radius 3 is 2.97 bits per heavy atom. The molecule has 1 fully saturated rings. The second kappa shape index (κ2) is 10.0. The number of ether oxygens (including phenoxy) is 2. The molecule has 0 unspecified atom stereocenters. The zero-order chi connectivity index (χ0) is 22.5. The van der Waals surface area contributed by atoms with Gasteiger partial charge < -0.3 is 18.8 Å². The van der Waals surface area contributed by atoms with Gasteiger partial charge in [-0.1, -0.05) is 23.7 Å². The number of likely N-dealkylation sites (tertiary alicyclic amines) is 1. The predicted molar refractivity (Wildman–Crippen MR) is 118 cm³/mol. The van der Waals surface area contributed by atoms with Crippen molar-refractivity contribution in [3.05, 3.63) is 76.7 Å². The Balaban J connectivity index is 1.34. The molecule has 32 heavy (non-hydrogen) atoms. The quantitative estimate of drug-likeness (QED) is 0.506. The van der Waals surface area contributed by atoms with Crippen LogP contribution in [0.15, 0.2) is 53.1 Å². The van der Waals surface area contributed by atoms with Gasteiger partial charge in [-0.15, -0.1) is 0 Å². The molecule has 0 aliphatic carbocycles. The van der Waals surface area contributed by atoms with E-state index in [2.05, 4.69) is 4.98 Å². The Kier molecular flexibility index (Phi) is 6.95. The Morgan fingerprint density at radius 1 is 1.28 bits per heavy atom. The van der Waals surface area contributed by atoms with Crippen LogP contribution in [0, 0.1) is 5.82 Å². The van der Waals surface area contributed by atoms with Crippen LogP contribution in [0.5, 0.6) is 11.5 Å². The van der Waals surface area contributed by atoms with Crippen LogP contribution < -0.4 is 9.47 Å². The van der Waals surface area contributed by atoms with Gasteiger partial charge in [0, 0.05) is 25.6 Å². The second-order valence-electron chi connectivity index (χ2n) is 7.74. The average Bonchev–Trinajstić information content (AvgIpc) is 3.28. The number of halogens is 2. The van der Waals surface area contributed by atoms with Gasteiger partial charge in [0.25, 0.3) is 5.91 Å². The van der Waals surface area contributed by atoms with Crippen molar-refractivity contribution >= 4 is 17.5 Å². The van der Waals surface area contributed by atoms with E-state index in [1.807, 2.05) is 24.3 Å². The zero-order valence-corrected chi connectivity index (χ0v) is 18.5. The van der Waals surface area contributed by atoms with Crippen molar-refractivity contribution in [2.75, 3.05) is 26.8 Å². The molecule has 0 bridgehead atoms. The molecule has 1 saturated heterocycles. The first-order valence-electron chi connectivity index (χ1n) is 10.4. The maximum Gasteiger partial charge on any atom is 0.260 e. The first-order chi connectivity index (χ1) is 15.5. The molecule has 0 N–H and O–H groups in total. The van der Waals surface area contributed by atoms with Crippen molar-refractivity contribution < 1.29 is 23.1 Å². The van der Waals surface area contributed by atoms with Crippen LogP contribution in [-0.4, -0.2) is 42.6 Å². The van der Waals surface area contributed by atoms with Crippen LogP contribution >= 0.6 is 11.6 Å². The van der Waals surface area contributed by atoms with Crippen LogP contribution in [0.4, 0.5) is 4.39 Å². The number of benzene rings is 2. The number of rotatable bonds is 7. The normalized spacial score (nSPS) is 16.1. The minimum atomic E-state index is -0.527. The topological polar surface area (TPSA) is 64.8 Å². The summed E-state index contributed by atoms with van der Waals surface area (Å²) in [5.74, 6) is 1.94. The number of methoxy groups -OCH3 is 1. The fourth-order valence-electron chi connectivity index (χ4n) is 3.78. The molecule has 1 aliphatic rings. The molecule has 2 aromatic carbocycles. The van der Waals surface area contributed by atoms with Gasteiger partial charge in [-0.25, -0.2) is 9.37 Å². The highest BCUT2D eigenvalue weighted by atomic mass is 35.5. The molecule has 6 nitrogen and oxygen atoms in total. The molecular formula is C24H24ClFN2O4. The number of carbonyl (C=O) groups is 1. The Bertz CT molecular complexity index is 1090. The highest BCUT2D eigenvalue weighted by Crippen LogP contribution is 2.28. The third kappa shape index (κ3) is 5.40. The minimum absolute atomic E-state index is 0.0343. The van der Waals surface area contributed by atoms with Gasteiger partial charge in [0.2, 0.25) is 0 Å². The first kappa shape index (κ1) is 22.1. The fourth-order valence-corrected chi connectivity index (χ4v) is 3.96. The molecule has 0 radical (unpaired) electrons. The highest BCUT2D eigenvalue weighted by Gasteiger charge is 2.28. The van der Waals surface area contributed by atoms with E-state index in [0.717, 1.165) is 29.9 Å². The number of oxazole rings is 1. The fraction of sp³-hybridized carbons (Fsp3) is 0.333. The molecule has 3 aromatic rings. The van der Waals surface area contributed by atoms with Gasteiger partial charge in [-0.3, -0.25) is 4.79 Å². The summed E-state index contributed by atoms with van der Waals surface area (Å²) < 4.78 is 30.0. The number of hydrogen-bond acceptors (Lipinski definition) is 5. The SMILES string of the molecule is COc1cccc(Cc2cnc([C@@H]3CCCN(C(=O)COc4ccc(F)c(Cl)c4)C3)o2)c1. The van der Waals surface area contributed by atoms with Gasteiger partial charge in [-0.05, 0) is 42.7 Å². The van der Waals surface area contributed by atoms with E-state index >= 15 is 0 Å². The summed E-state index contributed by atoms with van der Waals surface area (Å²) in [4.78, 5) is 18.9. The minimum Gasteiger partial charge on any atom is -0.497 e. The van der Waals surface area contributed by atoms with Crippen LogP contribution in [0.1, 0.15) is 36.0 Å². The number of piperidine rings is 1. The van der Waals surface area contributed by atoms with Crippen LogP contribution in [-0.2, 0) is 11.2 Å². The summed E-state index contributed by atoms with van der Waals surface area (Å²) >= 11 is 5.76. The van der Waals surface area contributed by atoms with E-state index in [-0.39, 0.29) is 23.5 Å². The van der Waals surface area contributed by atoms with Crippen molar-refractivity contribution in [3.63, 3.8) is 0 Å². The summed E-state index contributed by atoms with van der Waals surface area (Å²) in [5.41, 5.74) is 1.07. The van der Waals surface area contributed by atoms with E-state index in [1.165, 1.54) is 18.2 Å². The molecule has 2 heterocycles. The molecule has 0 spiro atoms. The summed E-state index contributed by atoms with van der Waals surface area (Å²) in [5, 5.41) is -0.0402. The maximum absolute atomic E-state index is 13.3. The number of nitrogens with zero attached hydrogens (tertiary/aromatic N) is 2. The van der Waals surface area contributed by atoms with Crippen molar-refractivity contribution in [1.29, 1.82) is 0 Å². The van der Waals surface area contributed by atoms with Gasteiger partial charge >= 0.3 is 0 Å². The van der Waals surface area contributed by atoms with E-state index in [9.17, 15) is 9.18 Å². The molecule has 1 aromatic heterocycles. The van der Waals surface area contributed by atoms with E-state index < -0.39 is 5.82 Å². The molecular weight excluding hydrogens is 435 g/mol. The summed E-state index contributed by atoms with van der Waals surface area (Å²) in [6, 6.07) is 11.8. The molecule has 1 aliphatic heterocycles. The van der Waals surface area contributed by atoms with Crippen LogP contribution in [0.3, 0.4) is 0 Å². The third-order valence-corrected chi connectivity index (χ3v) is 5.75. The van der Waals surface area contributed by atoms with Gasteiger partial charge in [0.15, 0.2) is 12.5 Å². The zero-order valence-electron chi connectivity index (χ0n) is 17.7. The van der Waals surface area contributed by atoms with Crippen LogP contribution in [0.2, 0.25) is 5.02 Å². The predicted octanol–water partition coefficient (Wildman–Crippen LogP) is 4.85. The number of aromatic nitrogens is 1. The van der Waals surface area contributed by atoms with E-state index in [0.29, 0.717) is 31.2 Å². The number of carbonyl (C=O) groups excluding carboxylic acids is 1. The lowest BCUT2D eigenvalue weighted by Gasteiger charge is -2.31. The smallest absolute Gasteiger partial charge is 0.260 e. The lowest BCUT2D eigenvalue weighted by atomic mass is 9.98. The molecule has 168 valence electrons.